The maximum absolute atomic E-state index is 15.1. The van der Waals surface area contributed by atoms with Gasteiger partial charge < -0.3 is 15.2 Å². The molecule has 37 heavy (non-hydrogen) atoms. The van der Waals surface area contributed by atoms with Crippen LogP contribution in [-0.4, -0.2) is 34.4 Å². The average molecular weight is 527 g/mol. The minimum absolute atomic E-state index is 0.0365. The molecule has 10 heteroatoms. The lowest BCUT2D eigenvalue weighted by atomic mass is 9.96. The highest BCUT2D eigenvalue weighted by molar-refractivity contribution is 6.31. The number of pyridine rings is 1. The summed E-state index contributed by atoms with van der Waals surface area (Å²) >= 11 is 5.97. The van der Waals surface area contributed by atoms with Gasteiger partial charge in [-0.3, -0.25) is 19.0 Å². The summed E-state index contributed by atoms with van der Waals surface area (Å²) < 4.78 is 21.8. The number of hydrogen-bond acceptors (Lipinski definition) is 5. The molecule has 2 aromatic carbocycles. The Labute approximate surface area is 216 Å². The lowest BCUT2D eigenvalue weighted by Gasteiger charge is -2.22. The number of anilines is 1. The van der Waals surface area contributed by atoms with Gasteiger partial charge in [0.05, 0.1) is 23.9 Å². The SMILES string of the molecule is COc1cn(C(CC2CC2)C(=O)Nc2ccc(C(=O)O)cc2)c(=O)cc1-c1c(C(C)=O)ccc(Cl)c1F. The fraction of sp³-hybridized carbons (Fsp3) is 0.259. The van der Waals surface area contributed by atoms with Crippen molar-refractivity contribution in [2.24, 2.45) is 5.92 Å². The Morgan fingerprint density at radius 1 is 1.19 bits per heavy atom. The lowest BCUT2D eigenvalue weighted by molar-refractivity contribution is -0.119. The summed E-state index contributed by atoms with van der Waals surface area (Å²) in [6.45, 7) is 1.28. The number of halogens is 2. The summed E-state index contributed by atoms with van der Waals surface area (Å²) in [6.07, 6.45) is 3.58. The zero-order valence-corrected chi connectivity index (χ0v) is 20.8. The molecule has 1 unspecified atom stereocenters. The van der Waals surface area contributed by atoms with Crippen LogP contribution in [-0.2, 0) is 4.79 Å². The van der Waals surface area contributed by atoms with Gasteiger partial charge in [-0.05, 0) is 55.7 Å². The highest BCUT2D eigenvalue weighted by atomic mass is 35.5. The quantitative estimate of drug-likeness (QED) is 0.370. The molecule has 1 aromatic heterocycles. The van der Waals surface area contributed by atoms with Gasteiger partial charge in [0.2, 0.25) is 5.91 Å². The first-order valence-electron chi connectivity index (χ1n) is 11.5. The molecule has 0 aliphatic heterocycles. The Morgan fingerprint density at radius 2 is 1.86 bits per heavy atom. The molecule has 1 aliphatic rings. The van der Waals surface area contributed by atoms with Crippen LogP contribution < -0.4 is 15.6 Å². The van der Waals surface area contributed by atoms with Crippen molar-refractivity contribution in [3.63, 3.8) is 0 Å². The number of ether oxygens (including phenoxy) is 1. The number of Topliss-reactive ketones (excluding diaryl/α,β-unsaturated/α-hetero) is 1. The maximum Gasteiger partial charge on any atom is 0.335 e. The first-order chi connectivity index (χ1) is 17.6. The minimum Gasteiger partial charge on any atom is -0.495 e. The normalized spacial score (nSPS) is 13.6. The van der Waals surface area contributed by atoms with Gasteiger partial charge in [-0.1, -0.05) is 24.4 Å². The summed E-state index contributed by atoms with van der Waals surface area (Å²) in [5, 5.41) is 11.6. The molecule has 192 valence electrons. The van der Waals surface area contributed by atoms with Crippen molar-refractivity contribution >= 4 is 34.9 Å². The van der Waals surface area contributed by atoms with E-state index < -0.39 is 35.1 Å². The van der Waals surface area contributed by atoms with E-state index in [1.165, 1.54) is 61.2 Å². The molecule has 1 atom stereocenters. The van der Waals surface area contributed by atoms with Crippen molar-refractivity contribution in [1.29, 1.82) is 0 Å². The van der Waals surface area contributed by atoms with Gasteiger partial charge in [-0.2, -0.15) is 0 Å². The van der Waals surface area contributed by atoms with Crippen LogP contribution in [0, 0.1) is 11.7 Å². The Balaban J connectivity index is 1.76. The standard InChI is InChI=1S/C27H24ClFN2O6/c1-14(32)18-9-10-20(28)25(29)24(18)19-12-23(33)31(13-22(19)37-2)21(11-15-3-4-15)26(34)30-17-7-5-16(6-8-17)27(35)36/h5-10,12-13,15,21H,3-4,11H2,1-2H3,(H,30,34)(H,35,36). The second-order valence-corrected chi connectivity index (χ2v) is 9.31. The van der Waals surface area contributed by atoms with E-state index in [1.807, 2.05) is 0 Å². The van der Waals surface area contributed by atoms with E-state index in [9.17, 15) is 19.2 Å². The van der Waals surface area contributed by atoms with Crippen molar-refractivity contribution in [3.05, 3.63) is 81.0 Å². The third kappa shape index (κ3) is 5.56. The number of amides is 1. The zero-order valence-electron chi connectivity index (χ0n) is 20.1. The van der Waals surface area contributed by atoms with Crippen molar-refractivity contribution in [3.8, 4) is 16.9 Å². The van der Waals surface area contributed by atoms with Crippen molar-refractivity contribution in [2.75, 3.05) is 12.4 Å². The number of rotatable bonds is 9. The smallest absolute Gasteiger partial charge is 0.335 e. The van der Waals surface area contributed by atoms with E-state index in [1.54, 1.807) is 0 Å². The number of carboxylic acids is 1. The van der Waals surface area contributed by atoms with Crippen LogP contribution in [0.3, 0.4) is 0 Å². The Bertz CT molecular complexity index is 1450. The third-order valence-electron chi connectivity index (χ3n) is 6.30. The maximum atomic E-state index is 15.1. The van der Waals surface area contributed by atoms with Gasteiger partial charge in [0.15, 0.2) is 5.78 Å². The molecule has 1 fully saturated rings. The number of aromatic carboxylic acids is 1. The van der Waals surface area contributed by atoms with Gasteiger partial charge in [-0.25, -0.2) is 9.18 Å². The van der Waals surface area contributed by atoms with Crippen LogP contribution >= 0.6 is 11.6 Å². The van der Waals surface area contributed by atoms with Crippen LogP contribution in [0.4, 0.5) is 10.1 Å². The van der Waals surface area contributed by atoms with E-state index in [0.717, 1.165) is 18.9 Å². The molecule has 1 saturated carbocycles. The molecule has 0 saturated heterocycles. The highest BCUT2D eigenvalue weighted by Gasteiger charge is 2.32. The topological polar surface area (TPSA) is 115 Å². The molecule has 1 heterocycles. The molecular weight excluding hydrogens is 503 g/mol. The molecule has 4 rings (SSSR count). The number of nitrogens with one attached hydrogen (secondary N) is 1. The number of carbonyl (C=O) groups is 3. The van der Waals surface area contributed by atoms with E-state index in [2.05, 4.69) is 5.32 Å². The number of methoxy groups -OCH3 is 1. The molecule has 3 aromatic rings. The van der Waals surface area contributed by atoms with Crippen molar-refractivity contribution < 1.29 is 28.6 Å². The largest absolute Gasteiger partial charge is 0.495 e. The molecule has 0 spiro atoms. The molecule has 2 N–H and O–H groups in total. The van der Waals surface area contributed by atoms with Gasteiger partial charge >= 0.3 is 5.97 Å². The third-order valence-corrected chi connectivity index (χ3v) is 6.59. The minimum atomic E-state index is -1.09. The van der Waals surface area contributed by atoms with Gasteiger partial charge in [0, 0.05) is 28.4 Å². The molecule has 0 bridgehead atoms. The predicted octanol–water partition coefficient (Wildman–Crippen LogP) is 5.20. The summed E-state index contributed by atoms with van der Waals surface area (Å²) in [6, 6.07) is 8.54. The fourth-order valence-corrected chi connectivity index (χ4v) is 4.33. The van der Waals surface area contributed by atoms with E-state index >= 15 is 4.39 Å². The highest BCUT2D eigenvalue weighted by Crippen LogP contribution is 2.39. The van der Waals surface area contributed by atoms with Crippen molar-refractivity contribution in [2.45, 2.75) is 32.2 Å². The first kappa shape index (κ1) is 26.1. The van der Waals surface area contributed by atoms with Crippen LogP contribution in [0.5, 0.6) is 5.75 Å². The summed E-state index contributed by atoms with van der Waals surface area (Å²) in [5.74, 6) is -2.49. The summed E-state index contributed by atoms with van der Waals surface area (Å²) in [4.78, 5) is 49.9. The van der Waals surface area contributed by atoms with E-state index in [4.69, 9.17) is 21.4 Å². The fourth-order valence-electron chi connectivity index (χ4n) is 4.18. The van der Waals surface area contributed by atoms with Crippen molar-refractivity contribution in [1.82, 2.24) is 4.57 Å². The number of carboxylic acid groups (broad SMARTS) is 1. The summed E-state index contributed by atoms with van der Waals surface area (Å²) in [7, 11) is 1.34. The van der Waals surface area contributed by atoms with Gasteiger partial charge in [0.25, 0.3) is 5.56 Å². The Kier molecular flexibility index (Phi) is 7.45. The number of carbonyl (C=O) groups excluding carboxylic acids is 2. The van der Waals surface area contributed by atoms with E-state index in [0.29, 0.717) is 12.1 Å². The first-order valence-corrected chi connectivity index (χ1v) is 11.9. The van der Waals surface area contributed by atoms with Crippen LogP contribution in [0.25, 0.3) is 11.1 Å². The molecule has 1 amide bonds. The number of hydrogen-bond donors (Lipinski definition) is 2. The monoisotopic (exact) mass is 526 g/mol. The lowest BCUT2D eigenvalue weighted by Crippen LogP contribution is -2.33. The average Bonchev–Trinajstić information content (AvgIpc) is 3.68. The number of nitrogens with zero attached hydrogens (tertiary/aromatic N) is 1. The zero-order chi connectivity index (χ0) is 26.9. The summed E-state index contributed by atoms with van der Waals surface area (Å²) in [5.41, 5.74) is -0.213. The van der Waals surface area contributed by atoms with Crippen LogP contribution in [0.1, 0.15) is 52.9 Å². The van der Waals surface area contributed by atoms with Gasteiger partial charge in [-0.15, -0.1) is 0 Å². The Morgan fingerprint density at radius 3 is 2.43 bits per heavy atom. The molecule has 0 radical (unpaired) electrons. The number of ketones is 1. The molecule has 8 nitrogen and oxygen atoms in total. The second-order valence-electron chi connectivity index (χ2n) is 8.91. The van der Waals surface area contributed by atoms with Crippen LogP contribution in [0.15, 0.2) is 53.5 Å². The number of benzene rings is 2. The van der Waals surface area contributed by atoms with Crippen LogP contribution in [0.2, 0.25) is 5.02 Å². The predicted molar refractivity (Wildman–Crippen MR) is 136 cm³/mol. The van der Waals surface area contributed by atoms with Gasteiger partial charge in [0.1, 0.15) is 17.6 Å². The Hall–Kier alpha value is -3.98. The molecule has 1 aliphatic carbocycles. The molecular formula is C27H24ClFN2O6. The second kappa shape index (κ2) is 10.6. The van der Waals surface area contributed by atoms with E-state index in [-0.39, 0.29) is 38.9 Å². The number of aromatic nitrogens is 1.